The number of hydrogen-bond acceptors (Lipinski definition) is 6. The van der Waals surface area contributed by atoms with E-state index in [2.05, 4.69) is 27.0 Å². The molecule has 0 saturated heterocycles. The average Bonchev–Trinajstić information content (AvgIpc) is 2.73. The van der Waals surface area contributed by atoms with E-state index in [9.17, 15) is 0 Å². The van der Waals surface area contributed by atoms with E-state index in [1.54, 1.807) is 11.8 Å². The molecule has 6 heteroatoms. The minimum Gasteiger partial charge on any atom is -0.293 e. The highest BCUT2D eigenvalue weighted by Crippen LogP contribution is 2.22. The van der Waals surface area contributed by atoms with Crippen molar-refractivity contribution in [1.82, 2.24) is 19.9 Å². The third kappa shape index (κ3) is 4.00. The summed E-state index contributed by atoms with van der Waals surface area (Å²) in [6, 6.07) is 15.8. The van der Waals surface area contributed by atoms with Gasteiger partial charge in [-0.15, -0.1) is 0 Å². The lowest BCUT2D eigenvalue weighted by molar-refractivity contribution is 0.239. The van der Waals surface area contributed by atoms with Gasteiger partial charge in [0.05, 0.1) is 28.7 Å². The van der Waals surface area contributed by atoms with Crippen molar-refractivity contribution in [3.05, 3.63) is 71.2 Å². The van der Waals surface area contributed by atoms with Crippen molar-refractivity contribution < 1.29 is 0 Å². The molecule has 27 heavy (non-hydrogen) atoms. The summed E-state index contributed by atoms with van der Waals surface area (Å²) >= 11 is 1.58. The van der Waals surface area contributed by atoms with Crippen LogP contribution in [0.2, 0.25) is 0 Å². The van der Waals surface area contributed by atoms with Crippen LogP contribution in [0.5, 0.6) is 0 Å². The topological polar surface area (TPSA) is 65.7 Å². The summed E-state index contributed by atoms with van der Waals surface area (Å²) in [6.45, 7) is 2.60. The van der Waals surface area contributed by atoms with Crippen LogP contribution < -0.4 is 0 Å². The van der Waals surface area contributed by atoms with E-state index in [0.29, 0.717) is 5.56 Å². The fourth-order valence-corrected chi connectivity index (χ4v) is 3.65. The average molecular weight is 373 g/mol. The second kappa shape index (κ2) is 7.87. The van der Waals surface area contributed by atoms with E-state index in [1.165, 1.54) is 11.3 Å². The Labute approximate surface area is 163 Å². The summed E-state index contributed by atoms with van der Waals surface area (Å²) in [6.07, 6.45) is 4.90. The van der Waals surface area contributed by atoms with Crippen molar-refractivity contribution in [2.45, 2.75) is 24.7 Å². The van der Waals surface area contributed by atoms with E-state index in [4.69, 9.17) is 10.2 Å². The Morgan fingerprint density at radius 2 is 2.07 bits per heavy atom. The first-order chi connectivity index (χ1) is 13.2. The normalized spacial score (nSPS) is 13.8. The van der Waals surface area contributed by atoms with Gasteiger partial charge in [-0.2, -0.15) is 5.26 Å². The summed E-state index contributed by atoms with van der Waals surface area (Å²) in [4.78, 5) is 16.2. The van der Waals surface area contributed by atoms with E-state index in [-0.39, 0.29) is 0 Å². The van der Waals surface area contributed by atoms with Crippen molar-refractivity contribution in [3.63, 3.8) is 0 Å². The van der Waals surface area contributed by atoms with Crippen molar-refractivity contribution in [3.8, 4) is 17.3 Å². The number of thioether (sulfide) groups is 1. The minimum absolute atomic E-state index is 0.650. The Kier molecular flexibility index (Phi) is 5.14. The van der Waals surface area contributed by atoms with Crippen LogP contribution in [-0.4, -0.2) is 32.7 Å². The Bertz CT molecular complexity index is 1010. The number of pyridine rings is 1. The Morgan fingerprint density at radius 3 is 2.93 bits per heavy atom. The second-order valence-corrected chi connectivity index (χ2v) is 7.27. The Balaban J connectivity index is 1.51. The summed E-state index contributed by atoms with van der Waals surface area (Å²) in [5, 5.41) is 9.95. The molecule has 0 amide bonds. The number of hydrogen-bond donors (Lipinski definition) is 0. The summed E-state index contributed by atoms with van der Waals surface area (Å²) in [5.41, 5.74) is 5.92. The van der Waals surface area contributed by atoms with Gasteiger partial charge in [0.25, 0.3) is 0 Å². The van der Waals surface area contributed by atoms with Gasteiger partial charge < -0.3 is 0 Å². The molecule has 5 nitrogen and oxygen atoms in total. The van der Waals surface area contributed by atoms with Gasteiger partial charge in [-0.3, -0.25) is 9.88 Å². The Hall–Kier alpha value is -2.75. The zero-order valence-electron chi connectivity index (χ0n) is 15.1. The van der Waals surface area contributed by atoms with Crippen LogP contribution in [0.25, 0.3) is 11.3 Å². The van der Waals surface area contributed by atoms with Gasteiger partial charge in [0.15, 0.2) is 5.16 Å². The molecule has 0 atom stereocenters. The van der Waals surface area contributed by atoms with Gasteiger partial charge in [0, 0.05) is 43.4 Å². The number of fused-ring (bicyclic) bond motifs is 1. The minimum atomic E-state index is 0.650. The smallest absolute Gasteiger partial charge is 0.187 e. The molecule has 0 N–H and O–H groups in total. The molecule has 0 saturated carbocycles. The van der Waals surface area contributed by atoms with Crippen LogP contribution in [0.3, 0.4) is 0 Å². The standard InChI is InChI=1S/C21H19N5S/c1-27-21-23-12-17-13-26(9-8-20(17)25-21)14-18-6-3-7-19(24-18)16-5-2-4-15(10-16)11-22/h2-7,10,12H,8-9,13-14H2,1H3. The third-order valence-electron chi connectivity index (χ3n) is 4.65. The van der Waals surface area contributed by atoms with Gasteiger partial charge in [-0.05, 0) is 30.5 Å². The zero-order chi connectivity index (χ0) is 18.6. The molecule has 2 aromatic heterocycles. The lowest BCUT2D eigenvalue weighted by Crippen LogP contribution is -2.31. The summed E-state index contributed by atoms with van der Waals surface area (Å²) in [5.74, 6) is 0. The monoisotopic (exact) mass is 373 g/mol. The van der Waals surface area contributed by atoms with Crippen molar-refractivity contribution in [2.24, 2.45) is 0 Å². The fraction of sp³-hybridized carbons (Fsp3) is 0.238. The highest BCUT2D eigenvalue weighted by atomic mass is 32.2. The van der Waals surface area contributed by atoms with Crippen LogP contribution in [-0.2, 0) is 19.5 Å². The van der Waals surface area contributed by atoms with E-state index in [1.807, 2.05) is 48.9 Å². The van der Waals surface area contributed by atoms with Crippen LogP contribution in [0, 0.1) is 11.3 Å². The summed E-state index contributed by atoms with van der Waals surface area (Å²) in [7, 11) is 0. The van der Waals surface area contributed by atoms with E-state index < -0.39 is 0 Å². The first-order valence-corrected chi connectivity index (χ1v) is 10.1. The lowest BCUT2D eigenvalue weighted by atomic mass is 10.1. The molecule has 0 bridgehead atoms. The van der Waals surface area contributed by atoms with Crippen LogP contribution in [0.1, 0.15) is 22.5 Å². The van der Waals surface area contributed by atoms with Crippen LogP contribution in [0.15, 0.2) is 53.8 Å². The molecule has 1 aliphatic rings. The molecular formula is C21H19N5S. The van der Waals surface area contributed by atoms with E-state index >= 15 is 0 Å². The second-order valence-electron chi connectivity index (χ2n) is 6.50. The molecule has 1 aliphatic heterocycles. The van der Waals surface area contributed by atoms with Crippen molar-refractivity contribution in [2.75, 3.05) is 12.8 Å². The van der Waals surface area contributed by atoms with Crippen molar-refractivity contribution in [1.29, 1.82) is 5.26 Å². The number of nitrogens with zero attached hydrogens (tertiary/aromatic N) is 5. The summed E-state index contributed by atoms with van der Waals surface area (Å²) < 4.78 is 0. The van der Waals surface area contributed by atoms with Gasteiger partial charge in [0.2, 0.25) is 0 Å². The van der Waals surface area contributed by atoms with Gasteiger partial charge in [-0.1, -0.05) is 30.0 Å². The maximum atomic E-state index is 9.10. The molecule has 0 fully saturated rings. The number of aromatic nitrogens is 3. The van der Waals surface area contributed by atoms with Gasteiger partial charge in [-0.25, -0.2) is 9.97 Å². The van der Waals surface area contributed by atoms with Crippen LogP contribution in [0.4, 0.5) is 0 Å². The predicted octanol–water partition coefficient (Wildman–Crippen LogP) is 3.69. The third-order valence-corrected chi connectivity index (χ3v) is 5.22. The molecule has 0 radical (unpaired) electrons. The fourth-order valence-electron chi connectivity index (χ4n) is 3.30. The largest absolute Gasteiger partial charge is 0.293 e. The highest BCUT2D eigenvalue weighted by Gasteiger charge is 2.19. The molecule has 4 rings (SSSR count). The van der Waals surface area contributed by atoms with Crippen molar-refractivity contribution >= 4 is 11.8 Å². The first-order valence-electron chi connectivity index (χ1n) is 8.83. The Morgan fingerprint density at radius 1 is 1.19 bits per heavy atom. The molecule has 0 aliphatic carbocycles. The molecule has 3 heterocycles. The number of rotatable bonds is 4. The van der Waals surface area contributed by atoms with E-state index in [0.717, 1.165) is 48.2 Å². The molecular weight excluding hydrogens is 354 g/mol. The molecule has 1 aromatic carbocycles. The number of nitriles is 1. The van der Waals surface area contributed by atoms with Crippen LogP contribution >= 0.6 is 11.8 Å². The highest BCUT2D eigenvalue weighted by molar-refractivity contribution is 7.98. The lowest BCUT2D eigenvalue weighted by Gasteiger charge is -2.27. The molecule has 0 unspecified atom stereocenters. The SMILES string of the molecule is CSc1ncc2c(n1)CCN(Cc1cccc(-c3cccc(C#N)c3)n1)C2. The maximum Gasteiger partial charge on any atom is 0.187 e. The first kappa shape index (κ1) is 17.7. The zero-order valence-corrected chi connectivity index (χ0v) is 15.9. The molecule has 0 spiro atoms. The number of benzene rings is 1. The van der Waals surface area contributed by atoms with Gasteiger partial charge in [0.1, 0.15) is 0 Å². The molecule has 3 aromatic rings. The quantitative estimate of drug-likeness (QED) is 0.513. The maximum absolute atomic E-state index is 9.10. The van der Waals surface area contributed by atoms with Gasteiger partial charge >= 0.3 is 0 Å². The predicted molar refractivity (Wildman–Crippen MR) is 106 cm³/mol. The molecule has 134 valence electrons.